The van der Waals surface area contributed by atoms with E-state index in [0.29, 0.717) is 6.17 Å². The zero-order valence-electron chi connectivity index (χ0n) is 45.8. The number of benzene rings is 6. The summed E-state index contributed by atoms with van der Waals surface area (Å²) in [5, 5.41) is 6.99. The quantitative estimate of drug-likeness (QED) is 0.0233. The summed E-state index contributed by atoms with van der Waals surface area (Å²) in [7, 11) is 0. The van der Waals surface area contributed by atoms with Crippen LogP contribution in [0.25, 0.3) is 0 Å². The first-order valence-electron chi connectivity index (χ1n) is 26.8. The molecule has 0 unspecified atom stereocenters. The molecule has 0 spiro atoms. The van der Waals surface area contributed by atoms with Crippen LogP contribution in [0.3, 0.4) is 0 Å². The third-order valence-electron chi connectivity index (χ3n) is 14.2. The number of hydrogen-bond donors (Lipinski definition) is 2. The van der Waals surface area contributed by atoms with Crippen LogP contribution in [0.4, 0.5) is 132 Å². The summed E-state index contributed by atoms with van der Waals surface area (Å²) >= 11 is 0. The molecule has 0 radical (unpaired) electrons. The summed E-state index contributed by atoms with van der Waals surface area (Å²) in [4.78, 5) is 0. The highest BCUT2D eigenvalue weighted by Crippen LogP contribution is 2.27. The van der Waals surface area contributed by atoms with E-state index in [1.165, 1.54) is 103 Å². The first-order chi connectivity index (χ1) is 42.3. The van der Waals surface area contributed by atoms with Crippen molar-refractivity contribution in [2.24, 2.45) is 0 Å². The van der Waals surface area contributed by atoms with Crippen LogP contribution in [0.1, 0.15) is 110 Å². The Bertz CT molecular complexity index is 2890. The molecule has 90 heavy (non-hydrogen) atoms. The molecule has 0 amide bonds. The Morgan fingerprint density at radius 3 is 0.500 bits per heavy atom. The molecule has 6 aromatic rings. The molecule has 492 valence electrons. The monoisotopic (exact) mass is 1330 g/mol. The predicted molar refractivity (Wildman–Crippen MR) is 266 cm³/mol. The van der Waals surface area contributed by atoms with Crippen molar-refractivity contribution in [3.63, 3.8) is 0 Å². The van der Waals surface area contributed by atoms with E-state index in [2.05, 4.69) is 17.6 Å². The highest BCUT2D eigenvalue weighted by Gasteiger charge is 2.47. The smallest absolute Gasteiger partial charge is 0.265 e. The second-order valence-corrected chi connectivity index (χ2v) is 20.0. The van der Waals surface area contributed by atoms with Crippen LogP contribution in [0.2, 0.25) is 0 Å². The van der Waals surface area contributed by atoms with E-state index in [1.807, 2.05) is 0 Å². The molecule has 34 heteroatoms. The number of hydrogen-bond acceptors (Lipinski definition) is 2. The Balaban J connectivity index is 0.000000252. The number of rotatable bonds is 22. The Morgan fingerprint density at radius 2 is 0.344 bits per heavy atom. The summed E-state index contributed by atoms with van der Waals surface area (Å²) < 4.78 is 417. The number of unbranched alkanes of at least 4 members (excludes halogenated alkanes) is 14. The van der Waals surface area contributed by atoms with Crippen molar-refractivity contribution in [1.29, 1.82) is 0 Å². The number of nitrogens with one attached hydrogen (secondary N) is 2. The zero-order valence-corrected chi connectivity index (χ0v) is 45.8. The topological polar surface area (TPSA) is 24.1 Å². The van der Waals surface area contributed by atoms with Crippen LogP contribution in [0, 0.1) is 175 Å². The Morgan fingerprint density at radius 1 is 0.211 bits per heavy atom. The van der Waals surface area contributed by atoms with E-state index in [-0.39, 0.29) is 0 Å². The lowest BCUT2D eigenvalue weighted by atomic mass is 9.36. The van der Waals surface area contributed by atoms with Crippen molar-refractivity contribution < 1.29 is 132 Å². The molecular formula is C56H42B2F30N2. The Hall–Kier alpha value is -6.73. The standard InChI is InChI=1S/C20H42N2.2C18BF15/c1-2-3-4-5-6-7-8-9-10-11-12-13-14-15-16-17-20-21-18-19-22-20;2*20-4-1(5(21)11(27)16(32)10(4)26)19(2-6(22)12(28)17(33)13(29)7(2)23)3-8(24)14(30)18(34)15(31)9(3)25/h20-22H,2-19H2,1H3;;. The summed E-state index contributed by atoms with van der Waals surface area (Å²) in [6.07, 6.45) is 23.7. The maximum absolute atomic E-state index is 14.4. The molecule has 0 aliphatic carbocycles. The van der Waals surface area contributed by atoms with E-state index in [1.54, 1.807) is 0 Å². The molecule has 1 saturated heterocycles. The van der Waals surface area contributed by atoms with Crippen molar-refractivity contribution in [3.05, 3.63) is 175 Å². The molecule has 1 aliphatic heterocycles. The van der Waals surface area contributed by atoms with Crippen molar-refractivity contribution in [3.8, 4) is 0 Å². The second-order valence-electron chi connectivity index (χ2n) is 20.0. The fraction of sp³-hybridized carbons (Fsp3) is 0.357. The van der Waals surface area contributed by atoms with Crippen molar-refractivity contribution in [2.75, 3.05) is 13.1 Å². The molecule has 0 atom stereocenters. The molecule has 7 rings (SSSR count). The van der Waals surface area contributed by atoms with Gasteiger partial charge in [0.2, 0.25) is 0 Å². The van der Waals surface area contributed by atoms with Gasteiger partial charge in [0.15, 0.2) is 175 Å². The molecule has 1 heterocycles. The van der Waals surface area contributed by atoms with E-state index in [9.17, 15) is 132 Å². The lowest BCUT2D eigenvalue weighted by molar-refractivity contribution is 0.380. The third kappa shape index (κ3) is 15.3. The highest BCUT2D eigenvalue weighted by molar-refractivity contribution is 6.96. The normalized spacial score (nSPS) is 12.4. The fourth-order valence-corrected chi connectivity index (χ4v) is 9.61. The SMILES string of the molecule is CCCCCCCCCCCCCCCCCC1NCCN1.Fc1c(F)c(F)c(B(c2c(F)c(F)c(F)c(F)c2F)c2c(F)c(F)c(F)c(F)c2F)c(F)c1F.Fc1c(F)c(F)c(B(c2c(F)c(F)c(F)c(F)c2F)c2c(F)c(F)c(F)c(F)c2F)c(F)c1F. The van der Waals surface area contributed by atoms with Gasteiger partial charge >= 0.3 is 0 Å². The molecule has 0 saturated carbocycles. The van der Waals surface area contributed by atoms with Gasteiger partial charge in [-0.3, -0.25) is 0 Å². The molecule has 1 fully saturated rings. The summed E-state index contributed by atoms with van der Waals surface area (Å²) in [6.45, 7) is -3.31. The maximum Gasteiger partial charge on any atom is 0.265 e. The molecule has 0 aromatic heterocycles. The van der Waals surface area contributed by atoms with Crippen molar-refractivity contribution >= 4 is 46.2 Å². The van der Waals surface area contributed by atoms with Crippen LogP contribution in [0.15, 0.2) is 0 Å². The first kappa shape index (κ1) is 74.0. The highest BCUT2D eigenvalue weighted by atomic mass is 19.2. The van der Waals surface area contributed by atoms with E-state index in [0.717, 1.165) is 13.1 Å². The Kier molecular flexibility index (Phi) is 26.3. The lowest BCUT2D eigenvalue weighted by Crippen LogP contribution is -2.60. The maximum atomic E-state index is 14.4. The van der Waals surface area contributed by atoms with Crippen molar-refractivity contribution in [2.45, 2.75) is 116 Å². The van der Waals surface area contributed by atoms with Crippen LogP contribution in [-0.4, -0.2) is 32.7 Å². The largest absolute Gasteiger partial charge is 0.301 e. The molecular weight excluding hydrogens is 1290 g/mol. The molecule has 0 bridgehead atoms. The van der Waals surface area contributed by atoms with Crippen LogP contribution >= 0.6 is 0 Å². The van der Waals surface area contributed by atoms with Gasteiger partial charge in [-0.2, -0.15) is 0 Å². The minimum Gasteiger partial charge on any atom is -0.301 e. The zero-order chi connectivity index (χ0) is 67.7. The molecule has 6 aromatic carbocycles. The molecule has 2 nitrogen and oxygen atoms in total. The van der Waals surface area contributed by atoms with Crippen LogP contribution in [0.5, 0.6) is 0 Å². The Labute approximate surface area is 491 Å². The van der Waals surface area contributed by atoms with E-state index >= 15 is 0 Å². The average molecular weight is 1330 g/mol. The van der Waals surface area contributed by atoms with Crippen molar-refractivity contribution in [1.82, 2.24) is 10.6 Å². The van der Waals surface area contributed by atoms with Gasteiger partial charge in [-0.1, -0.05) is 103 Å². The summed E-state index contributed by atoms with van der Waals surface area (Å²) in [5.74, 6) is -90.4. The average Bonchev–Trinajstić information content (AvgIpc) is 0.763. The second kappa shape index (κ2) is 32.0. The van der Waals surface area contributed by atoms with Crippen LogP contribution in [-0.2, 0) is 0 Å². The minimum absolute atomic E-state index is 0.613. The molecule has 2 N–H and O–H groups in total. The first-order valence-corrected chi connectivity index (χ1v) is 26.8. The molecule has 1 aliphatic rings. The summed E-state index contributed by atoms with van der Waals surface area (Å²) in [5.41, 5.74) is -16.1. The van der Waals surface area contributed by atoms with E-state index < -0.39 is 221 Å². The number of halogens is 30. The van der Waals surface area contributed by atoms with Gasteiger partial charge in [0.05, 0.1) is 6.17 Å². The fourth-order valence-electron chi connectivity index (χ4n) is 9.61. The summed E-state index contributed by atoms with van der Waals surface area (Å²) in [6, 6.07) is 0. The van der Waals surface area contributed by atoms with Gasteiger partial charge < -0.3 is 10.6 Å². The van der Waals surface area contributed by atoms with Gasteiger partial charge in [-0.05, 0) is 6.42 Å². The van der Waals surface area contributed by atoms with Gasteiger partial charge in [-0.15, -0.1) is 0 Å². The van der Waals surface area contributed by atoms with Gasteiger partial charge in [0.25, 0.3) is 13.4 Å². The van der Waals surface area contributed by atoms with E-state index in [4.69, 9.17) is 0 Å². The van der Waals surface area contributed by atoms with Crippen LogP contribution < -0.4 is 43.4 Å². The minimum atomic E-state index is -3.96. The van der Waals surface area contributed by atoms with Gasteiger partial charge in [0, 0.05) is 45.9 Å². The van der Waals surface area contributed by atoms with Gasteiger partial charge in [0.1, 0.15) is 0 Å². The lowest BCUT2D eigenvalue weighted by Gasteiger charge is -2.21. The third-order valence-corrected chi connectivity index (χ3v) is 14.2. The predicted octanol–water partition coefficient (Wildman–Crippen LogP) is 14.3. The van der Waals surface area contributed by atoms with Gasteiger partial charge in [-0.25, -0.2) is 132 Å².